The van der Waals surface area contributed by atoms with Crippen LogP contribution in [0.2, 0.25) is 5.15 Å². The van der Waals surface area contributed by atoms with Gasteiger partial charge in [-0.25, -0.2) is 0 Å². The van der Waals surface area contributed by atoms with Gasteiger partial charge in [0.25, 0.3) is 0 Å². The molecule has 2 unspecified atom stereocenters. The molecule has 0 amide bonds. The molecule has 3 rings (SSSR count). The molecule has 0 aromatic carbocycles. The lowest BCUT2D eigenvalue weighted by atomic mass is 9.91. The summed E-state index contributed by atoms with van der Waals surface area (Å²) in [4.78, 5) is 2.22. The number of furan rings is 1. The lowest BCUT2D eigenvalue weighted by Gasteiger charge is -2.38. The lowest BCUT2D eigenvalue weighted by molar-refractivity contribution is 0.325. The normalized spacial score (nSPS) is 22.3. The van der Waals surface area contributed by atoms with Gasteiger partial charge in [0.2, 0.25) is 0 Å². The minimum atomic E-state index is 0.145. The van der Waals surface area contributed by atoms with Crippen LogP contribution in [-0.2, 0) is 0 Å². The van der Waals surface area contributed by atoms with Crippen molar-refractivity contribution in [1.29, 1.82) is 5.26 Å². The van der Waals surface area contributed by atoms with Gasteiger partial charge in [-0.1, -0.05) is 18.5 Å². The minimum absolute atomic E-state index is 0.145. The van der Waals surface area contributed by atoms with Crippen LogP contribution in [0.1, 0.15) is 42.9 Å². The van der Waals surface area contributed by atoms with E-state index in [0.29, 0.717) is 16.6 Å². The zero-order valence-electron chi connectivity index (χ0n) is 12.0. The molecule has 2 atom stereocenters. The van der Waals surface area contributed by atoms with Gasteiger partial charge < -0.3 is 9.32 Å². The van der Waals surface area contributed by atoms with Gasteiger partial charge in [0, 0.05) is 6.54 Å². The van der Waals surface area contributed by atoms with Gasteiger partial charge in [0.15, 0.2) is 5.15 Å². The standard InChI is InChI=1S/C15H16ClN3OS/c1-9-5-6-19(15-11(8-17)14(16)18-21-15)12(7-9)13-4-3-10(2)20-13/h3-4,9,12H,5-7H2,1-2H3. The molecule has 1 fully saturated rings. The molecular formula is C15H16ClN3OS. The van der Waals surface area contributed by atoms with Crippen LogP contribution < -0.4 is 4.90 Å². The van der Waals surface area contributed by atoms with E-state index in [1.807, 2.05) is 19.1 Å². The second-order valence-electron chi connectivity index (χ2n) is 5.55. The van der Waals surface area contributed by atoms with Crippen molar-refractivity contribution in [2.24, 2.45) is 5.92 Å². The summed E-state index contributed by atoms with van der Waals surface area (Å²) >= 11 is 7.31. The number of aryl methyl sites for hydroxylation is 1. The maximum atomic E-state index is 9.31. The molecule has 0 radical (unpaired) electrons. The van der Waals surface area contributed by atoms with E-state index in [-0.39, 0.29) is 6.04 Å². The fraction of sp³-hybridized carbons (Fsp3) is 0.467. The topological polar surface area (TPSA) is 53.1 Å². The molecule has 0 aliphatic carbocycles. The molecule has 6 heteroatoms. The Balaban J connectivity index is 2.00. The highest BCUT2D eigenvalue weighted by atomic mass is 35.5. The second-order valence-corrected chi connectivity index (χ2v) is 6.66. The number of aromatic nitrogens is 1. The quantitative estimate of drug-likeness (QED) is 0.814. The Bertz CT molecular complexity index is 687. The Morgan fingerprint density at radius 3 is 3.00 bits per heavy atom. The molecule has 3 heterocycles. The number of piperidine rings is 1. The molecule has 2 aromatic heterocycles. The average molecular weight is 322 g/mol. The number of nitriles is 1. The first kappa shape index (κ1) is 14.4. The van der Waals surface area contributed by atoms with E-state index in [9.17, 15) is 5.26 Å². The van der Waals surface area contributed by atoms with Crippen molar-refractivity contribution in [3.8, 4) is 6.07 Å². The minimum Gasteiger partial charge on any atom is -0.464 e. The average Bonchev–Trinajstić information content (AvgIpc) is 3.05. The van der Waals surface area contributed by atoms with Crippen LogP contribution in [0.25, 0.3) is 0 Å². The maximum absolute atomic E-state index is 9.31. The molecule has 110 valence electrons. The number of rotatable bonds is 2. The molecule has 4 nitrogen and oxygen atoms in total. The highest BCUT2D eigenvalue weighted by Crippen LogP contribution is 2.42. The van der Waals surface area contributed by atoms with E-state index < -0.39 is 0 Å². The van der Waals surface area contributed by atoms with Crippen LogP contribution in [0.15, 0.2) is 16.5 Å². The predicted molar refractivity (Wildman–Crippen MR) is 83.8 cm³/mol. The molecule has 1 aliphatic heterocycles. The third-order valence-corrected chi connectivity index (χ3v) is 5.22. The van der Waals surface area contributed by atoms with Gasteiger partial charge in [-0.3, -0.25) is 0 Å². The van der Waals surface area contributed by atoms with Crippen LogP contribution in [-0.4, -0.2) is 10.9 Å². The van der Waals surface area contributed by atoms with Gasteiger partial charge in [-0.05, 0) is 49.3 Å². The molecule has 2 aromatic rings. The Morgan fingerprint density at radius 1 is 1.52 bits per heavy atom. The fourth-order valence-electron chi connectivity index (χ4n) is 2.84. The fourth-order valence-corrected chi connectivity index (χ4v) is 3.95. The Kier molecular flexibility index (Phi) is 3.92. The first-order valence-corrected chi connectivity index (χ1v) is 8.13. The zero-order chi connectivity index (χ0) is 15.0. The largest absolute Gasteiger partial charge is 0.464 e. The number of hydrogen-bond acceptors (Lipinski definition) is 5. The molecule has 1 aliphatic rings. The highest BCUT2D eigenvalue weighted by molar-refractivity contribution is 7.10. The van der Waals surface area contributed by atoms with Crippen LogP contribution in [0.4, 0.5) is 5.00 Å². The van der Waals surface area contributed by atoms with Crippen LogP contribution in [0.5, 0.6) is 0 Å². The summed E-state index contributed by atoms with van der Waals surface area (Å²) in [6.07, 6.45) is 2.10. The third kappa shape index (κ3) is 2.66. The van der Waals surface area contributed by atoms with E-state index in [1.165, 1.54) is 11.5 Å². The molecule has 21 heavy (non-hydrogen) atoms. The Morgan fingerprint density at radius 2 is 2.33 bits per heavy atom. The smallest absolute Gasteiger partial charge is 0.162 e. The third-order valence-electron chi connectivity index (χ3n) is 3.96. The Hall–Kier alpha value is -1.51. The molecule has 0 saturated carbocycles. The first-order chi connectivity index (χ1) is 10.1. The first-order valence-electron chi connectivity index (χ1n) is 6.98. The number of halogens is 1. The summed E-state index contributed by atoms with van der Waals surface area (Å²) in [6.45, 7) is 5.09. The van der Waals surface area contributed by atoms with Crippen LogP contribution in [0.3, 0.4) is 0 Å². The highest BCUT2D eigenvalue weighted by Gasteiger charge is 2.33. The van der Waals surface area contributed by atoms with E-state index in [0.717, 1.165) is 35.9 Å². The van der Waals surface area contributed by atoms with E-state index in [4.69, 9.17) is 16.0 Å². The van der Waals surface area contributed by atoms with E-state index in [2.05, 4.69) is 22.3 Å². The summed E-state index contributed by atoms with van der Waals surface area (Å²) in [6, 6.07) is 6.33. The molecule has 1 saturated heterocycles. The van der Waals surface area contributed by atoms with Crippen molar-refractivity contribution in [1.82, 2.24) is 4.37 Å². The van der Waals surface area contributed by atoms with Crippen LogP contribution in [0, 0.1) is 24.2 Å². The van der Waals surface area contributed by atoms with Gasteiger partial charge in [-0.15, -0.1) is 0 Å². The predicted octanol–water partition coefficient (Wildman–Crippen LogP) is 4.55. The van der Waals surface area contributed by atoms with Gasteiger partial charge in [0.1, 0.15) is 28.2 Å². The van der Waals surface area contributed by atoms with Crippen molar-refractivity contribution in [3.63, 3.8) is 0 Å². The molecule has 0 spiro atoms. The molecule has 0 bridgehead atoms. The summed E-state index contributed by atoms with van der Waals surface area (Å²) in [5, 5.41) is 10.5. The summed E-state index contributed by atoms with van der Waals surface area (Å²) in [5.74, 6) is 2.49. The van der Waals surface area contributed by atoms with Crippen molar-refractivity contribution < 1.29 is 4.42 Å². The van der Waals surface area contributed by atoms with Crippen molar-refractivity contribution >= 4 is 28.1 Å². The number of anilines is 1. The Labute approximate surface area is 133 Å². The van der Waals surface area contributed by atoms with Crippen molar-refractivity contribution in [3.05, 3.63) is 34.4 Å². The molecule has 0 N–H and O–H groups in total. The maximum Gasteiger partial charge on any atom is 0.162 e. The molecular weight excluding hydrogens is 306 g/mol. The van der Waals surface area contributed by atoms with Crippen molar-refractivity contribution in [2.75, 3.05) is 11.4 Å². The SMILES string of the molecule is Cc1ccc(C2CC(C)CCN2c2snc(Cl)c2C#N)o1. The monoisotopic (exact) mass is 321 g/mol. The lowest BCUT2D eigenvalue weighted by Crippen LogP contribution is -2.36. The summed E-state index contributed by atoms with van der Waals surface area (Å²) in [5.41, 5.74) is 0.476. The second kappa shape index (κ2) is 5.70. The van der Waals surface area contributed by atoms with Gasteiger partial charge >= 0.3 is 0 Å². The number of hydrogen-bond donors (Lipinski definition) is 0. The summed E-state index contributed by atoms with van der Waals surface area (Å²) in [7, 11) is 0. The zero-order valence-corrected chi connectivity index (χ0v) is 13.5. The van der Waals surface area contributed by atoms with Gasteiger partial charge in [0.05, 0.1) is 6.04 Å². The summed E-state index contributed by atoms with van der Waals surface area (Å²) < 4.78 is 9.96. The van der Waals surface area contributed by atoms with Gasteiger partial charge in [-0.2, -0.15) is 9.64 Å². The number of nitrogens with zero attached hydrogens (tertiary/aromatic N) is 3. The van der Waals surface area contributed by atoms with Crippen LogP contribution >= 0.6 is 23.1 Å². The van der Waals surface area contributed by atoms with Crippen molar-refractivity contribution in [2.45, 2.75) is 32.7 Å². The van der Waals surface area contributed by atoms with E-state index in [1.54, 1.807) is 0 Å². The van der Waals surface area contributed by atoms with E-state index >= 15 is 0 Å².